The number of allylic oxidation sites excluding steroid dienone is 1. The van der Waals surface area contributed by atoms with Crippen molar-refractivity contribution < 1.29 is 13.2 Å². The molecular weight excluding hydrogens is 584 g/mol. The lowest BCUT2D eigenvalue weighted by atomic mass is 9.95. The lowest BCUT2D eigenvalue weighted by Gasteiger charge is -2.28. The Kier molecular flexibility index (Phi) is 6.44. The average Bonchev–Trinajstić information content (AvgIpc) is 3.46. The Hall–Kier alpha value is -3.67. The smallest absolute Gasteiger partial charge is 0.352 e. The predicted molar refractivity (Wildman–Crippen MR) is 149 cm³/mol. The molecule has 2 aliphatic heterocycles. The fourth-order valence-corrected chi connectivity index (χ4v) is 7.35. The van der Waals surface area contributed by atoms with Crippen molar-refractivity contribution in [3.8, 4) is 5.69 Å². The summed E-state index contributed by atoms with van der Waals surface area (Å²) in [5.41, 5.74) is 0.820. The molecule has 0 saturated carbocycles. The molecule has 39 heavy (non-hydrogen) atoms. The van der Waals surface area contributed by atoms with Gasteiger partial charge in [0.1, 0.15) is 12.3 Å². The summed E-state index contributed by atoms with van der Waals surface area (Å²) in [7, 11) is -4.01. The second kappa shape index (κ2) is 9.82. The number of sulfonamides is 1. The lowest BCUT2D eigenvalue weighted by Crippen LogP contribution is -2.37. The molecule has 0 bridgehead atoms. The van der Waals surface area contributed by atoms with Crippen LogP contribution in [0.2, 0.25) is 0 Å². The first-order valence-electron chi connectivity index (χ1n) is 12.5. The van der Waals surface area contributed by atoms with E-state index in [2.05, 4.69) is 15.9 Å². The van der Waals surface area contributed by atoms with Gasteiger partial charge in [-0.05, 0) is 48.9 Å². The van der Waals surface area contributed by atoms with E-state index in [9.17, 15) is 18.0 Å². The molecule has 200 valence electrons. The highest BCUT2D eigenvalue weighted by Crippen LogP contribution is 2.48. The van der Waals surface area contributed by atoms with Crippen LogP contribution in [0.25, 0.3) is 5.69 Å². The van der Waals surface area contributed by atoms with Gasteiger partial charge in [0.2, 0.25) is 10.0 Å². The first-order valence-corrected chi connectivity index (χ1v) is 14.7. The zero-order valence-corrected chi connectivity index (χ0v) is 23.4. The number of fused-ring (bicyclic) bond motifs is 3. The van der Waals surface area contributed by atoms with E-state index >= 15 is 0 Å². The second-order valence-corrected chi connectivity index (χ2v) is 12.1. The molecule has 1 saturated heterocycles. The summed E-state index contributed by atoms with van der Waals surface area (Å²) < 4.78 is 40.3. The van der Waals surface area contributed by atoms with Crippen molar-refractivity contribution in [3.05, 3.63) is 127 Å². The Balaban J connectivity index is 1.59. The van der Waals surface area contributed by atoms with Crippen LogP contribution in [0.4, 0.5) is 0 Å². The van der Waals surface area contributed by atoms with Crippen LogP contribution >= 0.6 is 15.9 Å². The molecule has 9 nitrogen and oxygen atoms in total. The minimum absolute atomic E-state index is 0.0169. The number of para-hydroxylation sites is 1. The van der Waals surface area contributed by atoms with Gasteiger partial charge < -0.3 is 4.74 Å². The SMILES string of the molecule is CCOC1=C2C(c3ccccc3)N(S(=O)(=O)c3ccc(Br)cc3)CC2n2c(=O)n(-c3ccccc3)c(=O)n2C1. The summed E-state index contributed by atoms with van der Waals surface area (Å²) in [6.07, 6.45) is 0. The number of ether oxygens (including phenoxy) is 1. The van der Waals surface area contributed by atoms with Crippen molar-refractivity contribution in [2.24, 2.45) is 0 Å². The third kappa shape index (κ3) is 4.12. The van der Waals surface area contributed by atoms with Gasteiger partial charge in [0.15, 0.2) is 0 Å². The molecule has 3 heterocycles. The molecular formula is C28H25BrN4O5S. The number of aromatic nitrogens is 3. The molecule has 2 aliphatic rings. The molecule has 1 aromatic heterocycles. The minimum Gasteiger partial charge on any atom is -0.496 e. The van der Waals surface area contributed by atoms with Crippen LogP contribution < -0.4 is 11.4 Å². The molecule has 3 aromatic carbocycles. The van der Waals surface area contributed by atoms with Gasteiger partial charge in [0.25, 0.3) is 0 Å². The quantitative estimate of drug-likeness (QED) is 0.331. The molecule has 0 N–H and O–H groups in total. The zero-order chi connectivity index (χ0) is 27.3. The van der Waals surface area contributed by atoms with Gasteiger partial charge in [-0.3, -0.25) is 0 Å². The van der Waals surface area contributed by atoms with E-state index < -0.39 is 33.5 Å². The summed E-state index contributed by atoms with van der Waals surface area (Å²) in [4.78, 5) is 27.5. The second-order valence-electron chi connectivity index (χ2n) is 9.31. The summed E-state index contributed by atoms with van der Waals surface area (Å²) >= 11 is 3.37. The Bertz CT molecular complexity index is 1790. The van der Waals surface area contributed by atoms with Gasteiger partial charge in [-0.15, -0.1) is 0 Å². The monoisotopic (exact) mass is 608 g/mol. The molecule has 6 rings (SSSR count). The molecule has 2 unspecified atom stereocenters. The van der Waals surface area contributed by atoms with Crippen molar-refractivity contribution in [2.75, 3.05) is 13.2 Å². The topological polar surface area (TPSA) is 95.5 Å². The summed E-state index contributed by atoms with van der Waals surface area (Å²) in [5, 5.41) is 0. The zero-order valence-electron chi connectivity index (χ0n) is 21.0. The maximum Gasteiger partial charge on any atom is 0.352 e. The first kappa shape index (κ1) is 25.6. The Morgan fingerprint density at radius 3 is 2.18 bits per heavy atom. The lowest BCUT2D eigenvalue weighted by molar-refractivity contribution is 0.183. The number of nitrogens with zero attached hydrogens (tertiary/aromatic N) is 4. The average molecular weight is 610 g/mol. The van der Waals surface area contributed by atoms with Gasteiger partial charge in [-0.2, -0.15) is 4.31 Å². The van der Waals surface area contributed by atoms with E-state index in [1.165, 1.54) is 13.7 Å². The Morgan fingerprint density at radius 2 is 1.54 bits per heavy atom. The molecule has 11 heteroatoms. The van der Waals surface area contributed by atoms with E-state index in [0.717, 1.165) is 14.6 Å². The highest BCUT2D eigenvalue weighted by molar-refractivity contribution is 9.10. The van der Waals surface area contributed by atoms with Crippen molar-refractivity contribution in [2.45, 2.75) is 30.4 Å². The maximum absolute atomic E-state index is 14.1. The fraction of sp³-hybridized carbons (Fsp3) is 0.214. The molecule has 2 atom stereocenters. The number of hydrogen-bond donors (Lipinski definition) is 0. The predicted octanol–water partition coefficient (Wildman–Crippen LogP) is 3.85. The van der Waals surface area contributed by atoms with Crippen LogP contribution in [0.3, 0.4) is 0 Å². The van der Waals surface area contributed by atoms with Gasteiger partial charge in [-0.25, -0.2) is 31.9 Å². The molecule has 4 aromatic rings. The van der Waals surface area contributed by atoms with Gasteiger partial charge in [-0.1, -0.05) is 64.5 Å². The molecule has 0 amide bonds. The van der Waals surface area contributed by atoms with E-state index in [1.807, 2.05) is 37.3 Å². The minimum atomic E-state index is -4.01. The standard InChI is InChI=1S/C28H25BrN4O5S/c1-2-38-24-18-30-27(34)32(21-11-7-4-8-12-21)28(35)33(30)23-17-31(26(25(23)24)19-9-5-3-6-10-19)39(36,37)22-15-13-20(29)14-16-22/h3-16,23,26H,2,17-18H2,1H3. The number of hydrogen-bond acceptors (Lipinski definition) is 5. The van der Waals surface area contributed by atoms with E-state index in [-0.39, 0.29) is 18.0 Å². The van der Waals surface area contributed by atoms with Crippen LogP contribution in [-0.2, 0) is 21.3 Å². The molecule has 1 fully saturated rings. The third-order valence-electron chi connectivity index (χ3n) is 7.13. The van der Waals surface area contributed by atoms with Crippen molar-refractivity contribution in [1.29, 1.82) is 0 Å². The normalized spacial score (nSPS) is 19.1. The van der Waals surface area contributed by atoms with Gasteiger partial charge in [0.05, 0.1) is 29.3 Å². The van der Waals surface area contributed by atoms with Crippen LogP contribution in [0.15, 0.2) is 115 Å². The first-order chi connectivity index (χ1) is 18.8. The Morgan fingerprint density at radius 1 is 0.897 bits per heavy atom. The third-order valence-corrected chi connectivity index (χ3v) is 9.51. The fourth-order valence-electron chi connectivity index (χ4n) is 5.49. The van der Waals surface area contributed by atoms with Crippen molar-refractivity contribution >= 4 is 26.0 Å². The highest BCUT2D eigenvalue weighted by atomic mass is 79.9. The largest absolute Gasteiger partial charge is 0.496 e. The summed E-state index contributed by atoms with van der Waals surface area (Å²) in [5.74, 6) is 0.497. The number of halogens is 1. The van der Waals surface area contributed by atoms with Gasteiger partial charge in [0, 0.05) is 16.6 Å². The number of benzene rings is 3. The van der Waals surface area contributed by atoms with Crippen molar-refractivity contribution in [1.82, 2.24) is 18.2 Å². The summed E-state index contributed by atoms with van der Waals surface area (Å²) in [6, 6.07) is 23.0. The van der Waals surface area contributed by atoms with E-state index in [1.54, 1.807) is 54.6 Å². The molecule has 0 aliphatic carbocycles. The number of rotatable bonds is 6. The molecule has 0 spiro atoms. The van der Waals surface area contributed by atoms with E-state index in [0.29, 0.717) is 23.6 Å². The van der Waals surface area contributed by atoms with Crippen LogP contribution in [0, 0.1) is 0 Å². The van der Waals surface area contributed by atoms with E-state index in [4.69, 9.17) is 4.74 Å². The molecule has 0 radical (unpaired) electrons. The van der Waals surface area contributed by atoms with Crippen LogP contribution in [0.5, 0.6) is 0 Å². The van der Waals surface area contributed by atoms with Gasteiger partial charge >= 0.3 is 11.4 Å². The Labute approximate surface area is 233 Å². The van der Waals surface area contributed by atoms with Crippen LogP contribution in [0.1, 0.15) is 24.6 Å². The van der Waals surface area contributed by atoms with Crippen molar-refractivity contribution in [3.63, 3.8) is 0 Å². The summed E-state index contributed by atoms with van der Waals surface area (Å²) in [6.45, 7) is 2.14. The van der Waals surface area contributed by atoms with Crippen LogP contribution in [-0.4, -0.2) is 39.8 Å². The highest BCUT2D eigenvalue weighted by Gasteiger charge is 2.50. The maximum atomic E-state index is 14.1.